The number of carbonyl (C=O) groups is 2. The lowest BCUT2D eigenvalue weighted by atomic mass is 10.1. The molecule has 8 nitrogen and oxygen atoms in total. The van der Waals surface area contributed by atoms with Crippen LogP contribution < -0.4 is 9.47 Å². The Balaban J connectivity index is 1.91. The first kappa shape index (κ1) is 20.4. The fourth-order valence-corrected chi connectivity index (χ4v) is 3.71. The Hall–Kier alpha value is -3.33. The van der Waals surface area contributed by atoms with Gasteiger partial charge in [0.25, 0.3) is 16.8 Å². The molecule has 1 saturated heterocycles. The molecule has 1 aliphatic heterocycles. The van der Waals surface area contributed by atoms with Gasteiger partial charge in [0.1, 0.15) is 0 Å². The Morgan fingerprint density at radius 2 is 1.93 bits per heavy atom. The number of imide groups is 1. The van der Waals surface area contributed by atoms with E-state index in [1.165, 1.54) is 25.3 Å². The smallest absolute Gasteiger partial charge is 0.293 e. The Morgan fingerprint density at radius 3 is 2.62 bits per heavy atom. The third kappa shape index (κ3) is 4.24. The lowest BCUT2D eigenvalue weighted by molar-refractivity contribution is -0.385. The molecule has 1 heterocycles. The number of nitro benzene ring substituents is 1. The molecule has 0 aromatic heterocycles. The molecule has 2 aromatic carbocycles. The molecule has 0 atom stereocenters. The maximum atomic E-state index is 12.8. The molecule has 29 heavy (non-hydrogen) atoms. The Labute approximate surface area is 171 Å². The summed E-state index contributed by atoms with van der Waals surface area (Å²) in [7, 11) is 1.52. The lowest BCUT2D eigenvalue weighted by Crippen LogP contribution is -2.27. The van der Waals surface area contributed by atoms with Crippen molar-refractivity contribution < 1.29 is 24.0 Å². The minimum absolute atomic E-state index is 0.137. The van der Waals surface area contributed by atoms with E-state index in [1.807, 2.05) is 6.92 Å². The summed E-state index contributed by atoms with van der Waals surface area (Å²) >= 11 is 0.783. The predicted molar refractivity (Wildman–Crippen MR) is 109 cm³/mol. The van der Waals surface area contributed by atoms with Crippen molar-refractivity contribution in [3.8, 4) is 11.5 Å². The van der Waals surface area contributed by atoms with Crippen molar-refractivity contribution in [2.45, 2.75) is 13.5 Å². The molecule has 150 valence electrons. The zero-order valence-electron chi connectivity index (χ0n) is 15.8. The third-order valence-electron chi connectivity index (χ3n) is 4.19. The number of nitrogens with zero attached hydrogens (tertiary/aromatic N) is 2. The van der Waals surface area contributed by atoms with Crippen LogP contribution in [-0.4, -0.2) is 34.7 Å². The van der Waals surface area contributed by atoms with Crippen LogP contribution in [0.4, 0.5) is 10.5 Å². The average Bonchev–Trinajstić information content (AvgIpc) is 2.97. The molecule has 0 radical (unpaired) electrons. The Morgan fingerprint density at radius 1 is 1.17 bits per heavy atom. The minimum Gasteiger partial charge on any atom is -0.493 e. The van der Waals surface area contributed by atoms with Crippen molar-refractivity contribution >= 4 is 34.7 Å². The summed E-state index contributed by atoms with van der Waals surface area (Å²) < 4.78 is 10.9. The fourth-order valence-electron chi connectivity index (χ4n) is 2.88. The number of para-hydroxylation sites is 2. The largest absolute Gasteiger partial charge is 0.493 e. The van der Waals surface area contributed by atoms with Gasteiger partial charge in [0, 0.05) is 17.2 Å². The number of hydrogen-bond acceptors (Lipinski definition) is 7. The first-order valence-corrected chi connectivity index (χ1v) is 9.55. The van der Waals surface area contributed by atoms with Crippen molar-refractivity contribution in [3.63, 3.8) is 0 Å². The highest BCUT2D eigenvalue weighted by atomic mass is 32.2. The molecule has 0 bridgehead atoms. The number of carbonyl (C=O) groups excluding carboxylic acids is 2. The SMILES string of the molecule is CCOc1c(/C=C2\SC(=O)N(Cc3ccccc3[N+](=O)[O-])C2=O)cccc1OC. The second kappa shape index (κ2) is 8.78. The summed E-state index contributed by atoms with van der Waals surface area (Å²) in [5.74, 6) is 0.478. The van der Waals surface area contributed by atoms with Crippen LogP contribution in [0.5, 0.6) is 11.5 Å². The molecule has 0 spiro atoms. The van der Waals surface area contributed by atoms with E-state index >= 15 is 0 Å². The van der Waals surface area contributed by atoms with E-state index in [-0.39, 0.29) is 22.7 Å². The highest BCUT2D eigenvalue weighted by Gasteiger charge is 2.36. The molecule has 0 N–H and O–H groups in total. The molecule has 1 fully saturated rings. The molecule has 0 unspecified atom stereocenters. The molecule has 1 aliphatic rings. The van der Waals surface area contributed by atoms with Crippen LogP contribution in [0.2, 0.25) is 0 Å². The van der Waals surface area contributed by atoms with E-state index in [2.05, 4.69) is 0 Å². The van der Waals surface area contributed by atoms with E-state index in [0.717, 1.165) is 16.7 Å². The number of thioether (sulfide) groups is 1. The van der Waals surface area contributed by atoms with E-state index in [1.54, 1.807) is 30.3 Å². The number of rotatable bonds is 7. The number of methoxy groups -OCH3 is 1. The van der Waals surface area contributed by atoms with Crippen LogP contribution in [0, 0.1) is 10.1 Å². The molecular weight excluding hydrogens is 396 g/mol. The van der Waals surface area contributed by atoms with Gasteiger partial charge in [0.2, 0.25) is 0 Å². The number of benzene rings is 2. The van der Waals surface area contributed by atoms with Gasteiger partial charge in [0.15, 0.2) is 11.5 Å². The monoisotopic (exact) mass is 414 g/mol. The number of hydrogen-bond donors (Lipinski definition) is 0. The molecule has 2 aromatic rings. The van der Waals surface area contributed by atoms with Gasteiger partial charge in [0.05, 0.1) is 30.1 Å². The highest BCUT2D eigenvalue weighted by Crippen LogP contribution is 2.38. The normalized spacial score (nSPS) is 15.1. The quantitative estimate of drug-likeness (QED) is 0.380. The lowest BCUT2D eigenvalue weighted by Gasteiger charge is -2.13. The maximum Gasteiger partial charge on any atom is 0.293 e. The zero-order chi connectivity index (χ0) is 21.0. The van der Waals surface area contributed by atoms with Gasteiger partial charge in [-0.1, -0.05) is 30.3 Å². The summed E-state index contributed by atoms with van der Waals surface area (Å²) in [5.41, 5.74) is 0.752. The summed E-state index contributed by atoms with van der Waals surface area (Å²) in [4.78, 5) is 37.1. The van der Waals surface area contributed by atoms with E-state index in [0.29, 0.717) is 23.7 Å². The Kier molecular flexibility index (Phi) is 6.18. The first-order chi connectivity index (χ1) is 14.0. The first-order valence-electron chi connectivity index (χ1n) is 8.73. The van der Waals surface area contributed by atoms with Gasteiger partial charge >= 0.3 is 0 Å². The third-order valence-corrected chi connectivity index (χ3v) is 5.10. The molecule has 9 heteroatoms. The number of amides is 2. The second-order valence-electron chi connectivity index (χ2n) is 5.97. The number of ether oxygens (including phenoxy) is 2. The van der Waals surface area contributed by atoms with Crippen LogP contribution >= 0.6 is 11.8 Å². The van der Waals surface area contributed by atoms with Crippen molar-refractivity contribution in [3.05, 3.63) is 68.6 Å². The van der Waals surface area contributed by atoms with Crippen molar-refractivity contribution in [2.75, 3.05) is 13.7 Å². The average molecular weight is 414 g/mol. The zero-order valence-corrected chi connectivity index (χ0v) is 16.6. The molecule has 2 amide bonds. The van der Waals surface area contributed by atoms with Crippen LogP contribution in [0.25, 0.3) is 6.08 Å². The van der Waals surface area contributed by atoms with E-state index in [9.17, 15) is 19.7 Å². The second-order valence-corrected chi connectivity index (χ2v) is 6.96. The standard InChI is InChI=1S/C20H18N2O6S/c1-3-28-18-13(8-6-10-16(18)27-2)11-17-19(23)21(20(24)29-17)12-14-7-4-5-9-15(14)22(25)26/h4-11H,3,12H2,1-2H3/b17-11-. The fraction of sp³-hybridized carbons (Fsp3) is 0.200. The van der Waals surface area contributed by atoms with E-state index < -0.39 is 16.1 Å². The summed E-state index contributed by atoms with van der Waals surface area (Å²) in [6.07, 6.45) is 1.57. The van der Waals surface area contributed by atoms with Crippen LogP contribution in [0.3, 0.4) is 0 Å². The van der Waals surface area contributed by atoms with Gasteiger partial charge < -0.3 is 9.47 Å². The summed E-state index contributed by atoms with van der Waals surface area (Å²) in [6, 6.07) is 11.3. The summed E-state index contributed by atoms with van der Waals surface area (Å²) in [5, 5.41) is 10.7. The van der Waals surface area contributed by atoms with Crippen LogP contribution in [-0.2, 0) is 11.3 Å². The molecule has 0 saturated carbocycles. The number of nitro groups is 1. The van der Waals surface area contributed by atoms with Crippen LogP contribution in [0.15, 0.2) is 47.4 Å². The van der Waals surface area contributed by atoms with Gasteiger partial charge in [-0.2, -0.15) is 0 Å². The van der Waals surface area contributed by atoms with Crippen molar-refractivity contribution in [2.24, 2.45) is 0 Å². The van der Waals surface area contributed by atoms with Crippen LogP contribution in [0.1, 0.15) is 18.1 Å². The minimum atomic E-state index is -0.533. The van der Waals surface area contributed by atoms with Gasteiger partial charge in [-0.25, -0.2) is 0 Å². The topological polar surface area (TPSA) is 99.0 Å². The van der Waals surface area contributed by atoms with Crippen molar-refractivity contribution in [1.82, 2.24) is 4.90 Å². The van der Waals surface area contributed by atoms with Gasteiger partial charge in [-0.3, -0.25) is 24.6 Å². The van der Waals surface area contributed by atoms with Gasteiger partial charge in [-0.05, 0) is 30.8 Å². The van der Waals surface area contributed by atoms with Crippen molar-refractivity contribution in [1.29, 1.82) is 0 Å². The van der Waals surface area contributed by atoms with E-state index in [4.69, 9.17) is 9.47 Å². The van der Waals surface area contributed by atoms with Gasteiger partial charge in [-0.15, -0.1) is 0 Å². The highest BCUT2D eigenvalue weighted by molar-refractivity contribution is 8.18. The summed E-state index contributed by atoms with van der Waals surface area (Å²) in [6.45, 7) is 2.06. The predicted octanol–water partition coefficient (Wildman–Crippen LogP) is 4.24. The molecule has 0 aliphatic carbocycles. The maximum absolute atomic E-state index is 12.8. The Bertz CT molecular complexity index is 1000. The molecular formula is C20H18N2O6S. The molecule has 3 rings (SSSR count).